The summed E-state index contributed by atoms with van der Waals surface area (Å²) >= 11 is 6.21. The molecule has 0 aromatic heterocycles. The van der Waals surface area contributed by atoms with Gasteiger partial charge in [-0.2, -0.15) is 0 Å². The first-order chi connectivity index (χ1) is 8.08. The van der Waals surface area contributed by atoms with Crippen LogP contribution in [0.25, 0.3) is 0 Å². The highest BCUT2D eigenvalue weighted by atomic mass is 35.5. The van der Waals surface area contributed by atoms with Gasteiger partial charge in [0.1, 0.15) is 17.8 Å². The average Bonchev–Trinajstić information content (AvgIpc) is 2.33. The third-order valence-corrected chi connectivity index (χ3v) is 3.31. The van der Waals surface area contributed by atoms with Crippen molar-refractivity contribution in [2.75, 3.05) is 14.2 Å². The molecule has 0 heterocycles. The molecule has 1 aromatic carbocycles. The van der Waals surface area contributed by atoms with E-state index in [-0.39, 0.29) is 0 Å². The molecule has 1 aromatic rings. The van der Waals surface area contributed by atoms with E-state index in [9.17, 15) is 4.79 Å². The van der Waals surface area contributed by atoms with E-state index in [1.165, 1.54) is 0 Å². The third-order valence-electron chi connectivity index (χ3n) is 2.86. The van der Waals surface area contributed by atoms with Crippen LogP contribution in [0.5, 0.6) is 11.5 Å². The molecule has 4 heteroatoms. The molecule has 1 rings (SSSR count). The zero-order valence-electron chi connectivity index (χ0n) is 10.6. The second-order valence-corrected chi connectivity index (χ2v) is 4.19. The van der Waals surface area contributed by atoms with Gasteiger partial charge < -0.3 is 14.3 Å². The van der Waals surface area contributed by atoms with Crippen LogP contribution in [0, 0.1) is 13.8 Å². The minimum atomic E-state index is 0.460. The number of carbonyl (C=O) groups is 1. The van der Waals surface area contributed by atoms with Crippen LogP contribution in [0.3, 0.4) is 0 Å². The highest BCUT2D eigenvalue weighted by Crippen LogP contribution is 2.41. The van der Waals surface area contributed by atoms with Crippen LogP contribution in [0.2, 0.25) is 5.02 Å². The van der Waals surface area contributed by atoms with Crippen LogP contribution < -0.4 is 9.47 Å². The van der Waals surface area contributed by atoms with E-state index in [0.29, 0.717) is 23.6 Å². The zero-order valence-corrected chi connectivity index (χ0v) is 11.4. The van der Waals surface area contributed by atoms with Crippen molar-refractivity contribution in [3.05, 3.63) is 21.7 Å². The Bertz CT molecular complexity index is 427. The molecule has 0 fully saturated rings. The molecule has 0 bridgehead atoms. The van der Waals surface area contributed by atoms with E-state index < -0.39 is 0 Å². The standard InChI is InChI=1S/C13H17ClO3/c1-8-10(6-5-7-15)12(16-3)9(2)11(14)13(8)17-4/h7H,5-6H2,1-4H3. The van der Waals surface area contributed by atoms with Crippen molar-refractivity contribution in [3.8, 4) is 11.5 Å². The number of benzene rings is 1. The predicted octanol–water partition coefficient (Wildman–Crippen LogP) is 3.11. The van der Waals surface area contributed by atoms with E-state index in [4.69, 9.17) is 21.1 Å². The van der Waals surface area contributed by atoms with Crippen molar-refractivity contribution < 1.29 is 14.3 Å². The number of carbonyl (C=O) groups excluding carboxylic acids is 1. The van der Waals surface area contributed by atoms with Crippen LogP contribution in [-0.4, -0.2) is 20.5 Å². The fourth-order valence-corrected chi connectivity index (χ4v) is 2.30. The second kappa shape index (κ2) is 5.92. The fraction of sp³-hybridized carbons (Fsp3) is 0.462. The molecule has 0 saturated heterocycles. The van der Waals surface area contributed by atoms with Gasteiger partial charge in [-0.05, 0) is 25.8 Å². The van der Waals surface area contributed by atoms with Gasteiger partial charge in [0.15, 0.2) is 0 Å². The molecule has 0 N–H and O–H groups in total. The van der Waals surface area contributed by atoms with Gasteiger partial charge in [0.25, 0.3) is 0 Å². The lowest BCUT2D eigenvalue weighted by atomic mass is 9.98. The predicted molar refractivity (Wildman–Crippen MR) is 68.4 cm³/mol. The van der Waals surface area contributed by atoms with Crippen molar-refractivity contribution in [1.29, 1.82) is 0 Å². The molecular weight excluding hydrogens is 240 g/mol. The summed E-state index contributed by atoms with van der Waals surface area (Å²) in [6.07, 6.45) is 1.99. The number of ether oxygens (including phenoxy) is 2. The molecule has 0 aliphatic heterocycles. The first-order valence-electron chi connectivity index (χ1n) is 5.41. The first kappa shape index (κ1) is 13.8. The van der Waals surface area contributed by atoms with E-state index in [0.717, 1.165) is 28.7 Å². The van der Waals surface area contributed by atoms with Crippen LogP contribution in [0.15, 0.2) is 0 Å². The van der Waals surface area contributed by atoms with E-state index >= 15 is 0 Å². The molecule has 0 unspecified atom stereocenters. The molecule has 0 saturated carbocycles. The van der Waals surface area contributed by atoms with Gasteiger partial charge in [0, 0.05) is 17.5 Å². The summed E-state index contributed by atoms with van der Waals surface area (Å²) in [5.74, 6) is 1.40. The Morgan fingerprint density at radius 2 is 1.71 bits per heavy atom. The molecular formula is C13H17ClO3. The molecule has 0 atom stereocenters. The Morgan fingerprint density at radius 3 is 2.18 bits per heavy atom. The van der Waals surface area contributed by atoms with Crippen molar-refractivity contribution in [3.63, 3.8) is 0 Å². The van der Waals surface area contributed by atoms with Gasteiger partial charge in [-0.3, -0.25) is 0 Å². The minimum Gasteiger partial charge on any atom is -0.496 e. The molecule has 94 valence electrons. The number of hydrogen-bond acceptors (Lipinski definition) is 3. The summed E-state index contributed by atoms with van der Waals surface area (Å²) in [7, 11) is 3.19. The maximum absolute atomic E-state index is 10.5. The number of aldehydes is 1. The van der Waals surface area contributed by atoms with E-state index in [2.05, 4.69) is 0 Å². The Morgan fingerprint density at radius 1 is 1.12 bits per heavy atom. The lowest BCUT2D eigenvalue weighted by Crippen LogP contribution is -2.02. The summed E-state index contributed by atoms with van der Waals surface area (Å²) in [5.41, 5.74) is 2.76. The van der Waals surface area contributed by atoms with Crippen molar-refractivity contribution in [1.82, 2.24) is 0 Å². The Kier molecular flexibility index (Phi) is 4.82. The van der Waals surface area contributed by atoms with Gasteiger partial charge in [-0.1, -0.05) is 11.6 Å². The van der Waals surface area contributed by atoms with Crippen LogP contribution in [0.4, 0.5) is 0 Å². The maximum Gasteiger partial charge on any atom is 0.141 e. The number of halogens is 1. The third kappa shape index (κ3) is 2.55. The van der Waals surface area contributed by atoms with Gasteiger partial charge in [0.2, 0.25) is 0 Å². The Labute approximate surface area is 107 Å². The Hall–Kier alpha value is -1.22. The minimum absolute atomic E-state index is 0.460. The number of rotatable bonds is 5. The van der Waals surface area contributed by atoms with Gasteiger partial charge >= 0.3 is 0 Å². The summed E-state index contributed by atoms with van der Waals surface area (Å²) < 4.78 is 10.7. The number of hydrogen-bond donors (Lipinski definition) is 0. The molecule has 17 heavy (non-hydrogen) atoms. The first-order valence-corrected chi connectivity index (χ1v) is 5.79. The molecule has 0 aliphatic rings. The van der Waals surface area contributed by atoms with Gasteiger partial charge in [-0.25, -0.2) is 0 Å². The molecule has 3 nitrogen and oxygen atoms in total. The smallest absolute Gasteiger partial charge is 0.141 e. The summed E-state index contributed by atoms with van der Waals surface area (Å²) in [6, 6.07) is 0. The van der Waals surface area contributed by atoms with Crippen molar-refractivity contribution >= 4 is 17.9 Å². The molecule has 0 aliphatic carbocycles. The molecule has 0 spiro atoms. The Balaban J connectivity index is 3.43. The average molecular weight is 257 g/mol. The monoisotopic (exact) mass is 256 g/mol. The highest BCUT2D eigenvalue weighted by Gasteiger charge is 2.19. The largest absolute Gasteiger partial charge is 0.496 e. The van der Waals surface area contributed by atoms with Crippen LogP contribution in [-0.2, 0) is 11.2 Å². The second-order valence-electron chi connectivity index (χ2n) is 3.81. The SMILES string of the molecule is COc1c(C)c(CCC=O)c(OC)c(C)c1Cl. The lowest BCUT2D eigenvalue weighted by molar-refractivity contribution is -0.107. The fourth-order valence-electron chi connectivity index (χ4n) is 1.99. The summed E-state index contributed by atoms with van der Waals surface area (Å²) in [4.78, 5) is 10.5. The maximum atomic E-state index is 10.5. The summed E-state index contributed by atoms with van der Waals surface area (Å²) in [5, 5.41) is 0.566. The molecule has 0 radical (unpaired) electrons. The van der Waals surface area contributed by atoms with E-state index in [1.807, 2.05) is 13.8 Å². The van der Waals surface area contributed by atoms with Crippen LogP contribution >= 0.6 is 11.6 Å². The van der Waals surface area contributed by atoms with Crippen LogP contribution in [0.1, 0.15) is 23.1 Å². The highest BCUT2D eigenvalue weighted by molar-refractivity contribution is 6.33. The molecule has 0 amide bonds. The zero-order chi connectivity index (χ0) is 13.0. The van der Waals surface area contributed by atoms with E-state index in [1.54, 1.807) is 14.2 Å². The van der Waals surface area contributed by atoms with Crippen molar-refractivity contribution in [2.24, 2.45) is 0 Å². The normalized spacial score (nSPS) is 10.2. The lowest BCUT2D eigenvalue weighted by Gasteiger charge is -2.18. The van der Waals surface area contributed by atoms with Gasteiger partial charge in [0.05, 0.1) is 19.2 Å². The summed E-state index contributed by atoms with van der Waals surface area (Å²) in [6.45, 7) is 3.81. The quantitative estimate of drug-likeness (QED) is 0.760. The topological polar surface area (TPSA) is 35.5 Å². The van der Waals surface area contributed by atoms with Gasteiger partial charge in [-0.15, -0.1) is 0 Å². The number of methoxy groups -OCH3 is 2. The van der Waals surface area contributed by atoms with Crippen molar-refractivity contribution in [2.45, 2.75) is 26.7 Å².